The number of ether oxygens (including phenoxy) is 1. The Morgan fingerprint density at radius 3 is 2.44 bits per heavy atom. The lowest BCUT2D eigenvalue weighted by molar-refractivity contribution is -0.150. The highest BCUT2D eigenvalue weighted by atomic mass is 32.2. The summed E-state index contributed by atoms with van der Waals surface area (Å²) in [5.74, 6) is -2.46. The molecule has 0 aliphatic carbocycles. The molecule has 0 heterocycles. The van der Waals surface area contributed by atoms with Crippen LogP contribution in [0.25, 0.3) is 0 Å². The van der Waals surface area contributed by atoms with E-state index in [-0.39, 0.29) is 6.10 Å². The van der Waals surface area contributed by atoms with Gasteiger partial charge in [-0.05, 0) is 13.3 Å². The second-order valence-electron chi connectivity index (χ2n) is 3.21. The van der Waals surface area contributed by atoms with Gasteiger partial charge in [-0.3, -0.25) is 14.1 Å². The average molecular weight is 253 g/mol. The van der Waals surface area contributed by atoms with Gasteiger partial charge in [-0.1, -0.05) is 6.92 Å². The fourth-order valence-electron chi connectivity index (χ4n) is 0.715. The molecule has 16 heavy (non-hydrogen) atoms. The summed E-state index contributed by atoms with van der Waals surface area (Å²) < 4.78 is 33.7. The second-order valence-corrected chi connectivity index (χ2v) is 4.66. The summed E-state index contributed by atoms with van der Waals surface area (Å²) in [5, 5.41) is 1.87. The lowest BCUT2D eigenvalue weighted by Gasteiger charge is -2.10. The molecule has 0 bridgehead atoms. The zero-order valence-electron chi connectivity index (χ0n) is 9.10. The largest absolute Gasteiger partial charge is 0.462 e. The van der Waals surface area contributed by atoms with Crippen LogP contribution in [0, 0.1) is 0 Å². The van der Waals surface area contributed by atoms with Crippen molar-refractivity contribution in [3.05, 3.63) is 0 Å². The van der Waals surface area contributed by atoms with Crippen LogP contribution in [0.1, 0.15) is 26.7 Å². The lowest BCUT2D eigenvalue weighted by atomic mass is 10.3. The maximum absolute atomic E-state index is 11.1. The van der Waals surface area contributed by atoms with Crippen LogP contribution in [0.3, 0.4) is 0 Å². The molecule has 1 amide bonds. The van der Waals surface area contributed by atoms with Gasteiger partial charge < -0.3 is 10.1 Å². The summed E-state index contributed by atoms with van der Waals surface area (Å²) in [6.45, 7) is 3.49. The maximum Gasteiger partial charge on any atom is 0.315 e. The minimum absolute atomic E-state index is 0.290. The Kier molecular flexibility index (Phi) is 5.97. The smallest absolute Gasteiger partial charge is 0.315 e. The molecule has 8 heteroatoms. The first kappa shape index (κ1) is 14.8. The number of nitrogens with one attached hydrogen (secondary N) is 1. The Morgan fingerprint density at radius 1 is 1.44 bits per heavy atom. The molecule has 0 rings (SSSR count). The standard InChI is InChI=1S/C8H15NO6S/c1-3-6(2)15-8(11)4-7(10)9-5-16(12,13)14/h6H,3-5H2,1-2H3,(H,9,10)(H,12,13,14). The molecule has 0 saturated carbocycles. The van der Waals surface area contributed by atoms with Gasteiger partial charge in [-0.15, -0.1) is 0 Å². The summed E-state index contributed by atoms with van der Waals surface area (Å²) in [7, 11) is -4.27. The van der Waals surface area contributed by atoms with E-state index in [1.165, 1.54) is 0 Å². The zero-order chi connectivity index (χ0) is 12.8. The van der Waals surface area contributed by atoms with Gasteiger partial charge in [0.15, 0.2) is 0 Å². The molecule has 0 aromatic carbocycles. The Morgan fingerprint density at radius 2 is 2.00 bits per heavy atom. The molecular formula is C8H15NO6S. The molecule has 0 spiro atoms. The molecule has 7 nitrogen and oxygen atoms in total. The Balaban J connectivity index is 3.92. The van der Waals surface area contributed by atoms with Crippen molar-refractivity contribution in [2.75, 3.05) is 5.88 Å². The monoisotopic (exact) mass is 253 g/mol. The van der Waals surface area contributed by atoms with E-state index in [1.54, 1.807) is 6.92 Å². The SMILES string of the molecule is CCC(C)OC(=O)CC(=O)NCS(=O)(=O)O. The molecule has 1 unspecified atom stereocenters. The Hall–Kier alpha value is -1.15. The number of amides is 1. The fraction of sp³-hybridized carbons (Fsp3) is 0.750. The Labute approximate surface area is 93.9 Å². The normalized spacial score (nSPS) is 12.9. The van der Waals surface area contributed by atoms with Gasteiger partial charge in [0, 0.05) is 0 Å². The van der Waals surface area contributed by atoms with Crippen LogP contribution >= 0.6 is 0 Å². The highest BCUT2D eigenvalue weighted by Crippen LogP contribution is 1.98. The van der Waals surface area contributed by atoms with Crippen molar-refractivity contribution in [1.29, 1.82) is 0 Å². The molecule has 2 N–H and O–H groups in total. The first-order valence-corrected chi connectivity index (χ1v) is 6.27. The van der Waals surface area contributed by atoms with Crippen LogP contribution in [0.15, 0.2) is 0 Å². The minimum Gasteiger partial charge on any atom is -0.462 e. The van der Waals surface area contributed by atoms with E-state index >= 15 is 0 Å². The van der Waals surface area contributed by atoms with E-state index in [4.69, 9.17) is 9.29 Å². The molecule has 0 aliphatic rings. The highest BCUT2D eigenvalue weighted by Gasteiger charge is 2.14. The molecule has 0 aromatic rings. The highest BCUT2D eigenvalue weighted by molar-refractivity contribution is 7.85. The van der Waals surface area contributed by atoms with Gasteiger partial charge in [-0.2, -0.15) is 8.42 Å². The first-order valence-electron chi connectivity index (χ1n) is 4.66. The molecule has 0 fully saturated rings. The summed E-state index contributed by atoms with van der Waals surface area (Å²) in [6.07, 6.45) is -0.236. The fourth-order valence-corrected chi connectivity index (χ4v) is 1.06. The van der Waals surface area contributed by atoms with E-state index < -0.39 is 34.3 Å². The third-order valence-electron chi connectivity index (χ3n) is 1.66. The van der Waals surface area contributed by atoms with E-state index in [0.717, 1.165) is 0 Å². The van der Waals surface area contributed by atoms with Crippen LogP contribution in [0.2, 0.25) is 0 Å². The Bertz CT molecular complexity index is 350. The van der Waals surface area contributed by atoms with Crippen molar-refractivity contribution in [3.8, 4) is 0 Å². The number of rotatable bonds is 6. The molecule has 94 valence electrons. The van der Waals surface area contributed by atoms with Crippen molar-refractivity contribution in [2.24, 2.45) is 0 Å². The van der Waals surface area contributed by atoms with Crippen LogP contribution in [-0.4, -0.2) is 36.8 Å². The van der Waals surface area contributed by atoms with Crippen LogP contribution in [0.4, 0.5) is 0 Å². The van der Waals surface area contributed by atoms with Gasteiger partial charge >= 0.3 is 5.97 Å². The predicted octanol–water partition coefficient (Wildman–Crippen LogP) is -0.320. The minimum atomic E-state index is -4.27. The summed E-state index contributed by atoms with van der Waals surface area (Å²) >= 11 is 0. The van der Waals surface area contributed by atoms with Crippen LogP contribution < -0.4 is 5.32 Å². The third kappa shape index (κ3) is 8.18. The summed E-state index contributed by atoms with van der Waals surface area (Å²) in [5.41, 5.74) is 0. The van der Waals surface area contributed by atoms with E-state index in [1.807, 2.05) is 12.2 Å². The van der Waals surface area contributed by atoms with Crippen molar-refractivity contribution in [3.63, 3.8) is 0 Å². The van der Waals surface area contributed by atoms with Crippen LogP contribution in [-0.2, 0) is 24.4 Å². The second kappa shape index (κ2) is 6.44. The number of carbonyl (C=O) groups is 2. The average Bonchev–Trinajstić information content (AvgIpc) is 2.13. The summed E-state index contributed by atoms with van der Waals surface area (Å²) in [6, 6.07) is 0. The van der Waals surface area contributed by atoms with E-state index in [0.29, 0.717) is 6.42 Å². The van der Waals surface area contributed by atoms with E-state index in [9.17, 15) is 18.0 Å². The van der Waals surface area contributed by atoms with Crippen molar-refractivity contribution < 1.29 is 27.3 Å². The summed E-state index contributed by atoms with van der Waals surface area (Å²) in [4.78, 5) is 22.0. The quantitative estimate of drug-likeness (QED) is 0.381. The molecular weight excluding hydrogens is 238 g/mol. The molecule has 0 radical (unpaired) electrons. The van der Waals surface area contributed by atoms with Crippen molar-refractivity contribution in [2.45, 2.75) is 32.8 Å². The maximum atomic E-state index is 11.1. The van der Waals surface area contributed by atoms with Crippen LogP contribution in [0.5, 0.6) is 0 Å². The van der Waals surface area contributed by atoms with Gasteiger partial charge in [0.25, 0.3) is 10.1 Å². The first-order chi connectivity index (χ1) is 7.24. The number of carbonyl (C=O) groups excluding carboxylic acids is 2. The topological polar surface area (TPSA) is 110 Å². The van der Waals surface area contributed by atoms with Gasteiger partial charge in [0.05, 0.1) is 6.10 Å². The van der Waals surface area contributed by atoms with Crippen molar-refractivity contribution >= 4 is 22.0 Å². The molecule has 1 atom stereocenters. The third-order valence-corrected chi connectivity index (χ3v) is 2.17. The van der Waals surface area contributed by atoms with Gasteiger partial charge in [0.1, 0.15) is 12.3 Å². The van der Waals surface area contributed by atoms with Gasteiger partial charge in [-0.25, -0.2) is 0 Å². The predicted molar refractivity (Wildman–Crippen MR) is 55.0 cm³/mol. The number of hydrogen-bond donors (Lipinski definition) is 2. The number of hydrogen-bond acceptors (Lipinski definition) is 5. The molecule has 0 saturated heterocycles. The lowest BCUT2D eigenvalue weighted by Crippen LogP contribution is -2.31. The zero-order valence-corrected chi connectivity index (χ0v) is 9.91. The molecule has 0 aliphatic heterocycles. The van der Waals surface area contributed by atoms with Gasteiger partial charge in [0.2, 0.25) is 5.91 Å². The van der Waals surface area contributed by atoms with Crippen molar-refractivity contribution in [1.82, 2.24) is 5.32 Å². The van der Waals surface area contributed by atoms with E-state index in [2.05, 4.69) is 0 Å². The molecule has 0 aromatic heterocycles. The number of esters is 1.